The fourth-order valence-electron chi connectivity index (χ4n) is 3.12. The average molecular weight is 387 g/mol. The van der Waals surface area contributed by atoms with Crippen molar-refractivity contribution in [3.05, 3.63) is 79.3 Å². The number of benzene rings is 1. The molecule has 2 aromatic heterocycles. The van der Waals surface area contributed by atoms with Crippen LogP contribution in [-0.2, 0) is 6.42 Å². The van der Waals surface area contributed by atoms with Crippen LogP contribution in [0.15, 0.2) is 41.3 Å². The number of aromatic carboxylic acids is 1. The van der Waals surface area contributed by atoms with E-state index in [1.54, 1.807) is 12.1 Å². The van der Waals surface area contributed by atoms with Crippen molar-refractivity contribution in [2.24, 2.45) is 0 Å². The highest BCUT2D eigenvalue weighted by Gasteiger charge is 2.23. The van der Waals surface area contributed by atoms with Crippen LogP contribution in [0.5, 0.6) is 0 Å². The molecule has 0 fully saturated rings. The molecule has 1 aliphatic rings. The molecule has 5 nitrogen and oxygen atoms in total. The molecule has 0 bridgehead atoms. The van der Waals surface area contributed by atoms with Crippen LogP contribution in [-0.4, -0.2) is 20.5 Å². The Hall–Kier alpha value is -2.63. The topological polar surface area (TPSA) is 71.7 Å². The molecule has 4 rings (SSSR count). The summed E-state index contributed by atoms with van der Waals surface area (Å²) >= 11 is 12.2. The van der Waals surface area contributed by atoms with Gasteiger partial charge in [0.2, 0.25) is 0 Å². The molecule has 0 spiro atoms. The lowest BCUT2D eigenvalue weighted by Crippen LogP contribution is -2.20. The molecule has 2 heterocycles. The largest absolute Gasteiger partial charge is 0.478 e. The molecular formula is C19H12Cl2N2O3. The number of carbonyl (C=O) groups is 1. The number of pyridine rings is 1. The second-order valence-corrected chi connectivity index (χ2v) is 6.87. The standard InChI is InChI=1S/C19H12Cl2N2O3/c20-13-4-1-10(15(21)8-13)7-11-2-5-14-17(11)22-16-6-3-12(19(25)26)9-23(16)18(14)24/h1,3-4,6-9H,2,5H2,(H,25,26)/b11-7-. The number of fused-ring (bicyclic) bond motifs is 2. The molecule has 1 aromatic carbocycles. The van der Waals surface area contributed by atoms with Crippen molar-refractivity contribution < 1.29 is 9.90 Å². The first-order valence-corrected chi connectivity index (χ1v) is 8.64. The number of hydrogen-bond acceptors (Lipinski definition) is 3. The van der Waals surface area contributed by atoms with Gasteiger partial charge >= 0.3 is 5.97 Å². The molecule has 0 atom stereocenters. The molecular weight excluding hydrogens is 375 g/mol. The molecule has 7 heteroatoms. The Morgan fingerprint density at radius 2 is 2.00 bits per heavy atom. The second kappa shape index (κ2) is 6.27. The van der Waals surface area contributed by atoms with E-state index in [0.29, 0.717) is 39.8 Å². The van der Waals surface area contributed by atoms with Gasteiger partial charge in [-0.3, -0.25) is 9.20 Å². The SMILES string of the molecule is O=C(O)c1ccc2nc3c(c(=O)n2c1)CC/C3=C/c1ccc(Cl)cc1Cl. The van der Waals surface area contributed by atoms with Gasteiger partial charge in [0.05, 0.1) is 11.3 Å². The zero-order valence-electron chi connectivity index (χ0n) is 13.4. The highest BCUT2D eigenvalue weighted by atomic mass is 35.5. The van der Waals surface area contributed by atoms with Gasteiger partial charge in [-0.25, -0.2) is 9.78 Å². The van der Waals surface area contributed by atoms with Crippen LogP contribution in [0.2, 0.25) is 10.0 Å². The molecule has 0 amide bonds. The maximum absolute atomic E-state index is 12.8. The maximum atomic E-state index is 12.8. The van der Waals surface area contributed by atoms with E-state index >= 15 is 0 Å². The van der Waals surface area contributed by atoms with E-state index in [1.807, 2.05) is 12.1 Å². The third-order valence-corrected chi connectivity index (χ3v) is 4.97. The van der Waals surface area contributed by atoms with E-state index in [2.05, 4.69) is 4.98 Å². The smallest absolute Gasteiger partial charge is 0.337 e. The normalized spacial score (nSPS) is 14.8. The molecule has 0 saturated heterocycles. The lowest BCUT2D eigenvalue weighted by atomic mass is 10.1. The minimum Gasteiger partial charge on any atom is -0.478 e. The van der Waals surface area contributed by atoms with Crippen LogP contribution in [0.1, 0.15) is 33.6 Å². The van der Waals surface area contributed by atoms with Crippen LogP contribution in [0.4, 0.5) is 0 Å². The van der Waals surface area contributed by atoms with Gasteiger partial charge in [0.15, 0.2) is 0 Å². The third kappa shape index (κ3) is 2.79. The molecule has 130 valence electrons. The second-order valence-electron chi connectivity index (χ2n) is 6.03. The van der Waals surface area contributed by atoms with Crippen LogP contribution in [0.25, 0.3) is 17.3 Å². The van der Waals surface area contributed by atoms with E-state index < -0.39 is 5.97 Å². The number of hydrogen-bond donors (Lipinski definition) is 1. The van der Waals surface area contributed by atoms with Gasteiger partial charge < -0.3 is 5.11 Å². The number of carboxylic acid groups (broad SMARTS) is 1. The number of nitrogens with zero attached hydrogens (tertiary/aromatic N) is 2. The molecule has 0 radical (unpaired) electrons. The van der Waals surface area contributed by atoms with E-state index in [1.165, 1.54) is 22.7 Å². The lowest BCUT2D eigenvalue weighted by Gasteiger charge is -2.07. The van der Waals surface area contributed by atoms with Crippen molar-refractivity contribution in [2.45, 2.75) is 12.8 Å². The van der Waals surface area contributed by atoms with Gasteiger partial charge in [-0.1, -0.05) is 29.3 Å². The Morgan fingerprint density at radius 1 is 1.19 bits per heavy atom. The fraction of sp³-hybridized carbons (Fsp3) is 0.105. The number of rotatable bonds is 2. The number of halogens is 2. The maximum Gasteiger partial charge on any atom is 0.337 e. The Kier molecular flexibility index (Phi) is 4.05. The van der Waals surface area contributed by atoms with Crippen molar-refractivity contribution in [1.82, 2.24) is 9.38 Å². The zero-order chi connectivity index (χ0) is 18.4. The summed E-state index contributed by atoms with van der Waals surface area (Å²) < 4.78 is 1.29. The summed E-state index contributed by atoms with van der Waals surface area (Å²) in [5.74, 6) is -1.09. The first-order valence-electron chi connectivity index (χ1n) is 7.88. The van der Waals surface area contributed by atoms with Crippen molar-refractivity contribution in [3.8, 4) is 0 Å². The molecule has 0 unspecified atom stereocenters. The first kappa shape index (κ1) is 16.8. The highest BCUT2D eigenvalue weighted by molar-refractivity contribution is 6.35. The van der Waals surface area contributed by atoms with Crippen molar-refractivity contribution in [3.63, 3.8) is 0 Å². The number of carboxylic acids is 1. The zero-order valence-corrected chi connectivity index (χ0v) is 14.9. The van der Waals surface area contributed by atoms with E-state index in [0.717, 1.165) is 11.1 Å². The monoisotopic (exact) mass is 386 g/mol. The first-order chi connectivity index (χ1) is 12.4. The molecule has 1 N–H and O–H groups in total. The van der Waals surface area contributed by atoms with Crippen molar-refractivity contribution >= 4 is 46.5 Å². The Balaban J connectivity index is 1.88. The molecule has 0 aliphatic heterocycles. The summed E-state index contributed by atoms with van der Waals surface area (Å²) in [6.07, 6.45) is 4.45. The quantitative estimate of drug-likeness (QED) is 0.716. The summed E-state index contributed by atoms with van der Waals surface area (Å²) in [5.41, 5.74) is 3.18. The molecule has 26 heavy (non-hydrogen) atoms. The molecule has 3 aromatic rings. The number of allylic oxidation sites excluding steroid dienone is 1. The van der Waals surface area contributed by atoms with Gasteiger partial charge in [0, 0.05) is 21.8 Å². The van der Waals surface area contributed by atoms with Gasteiger partial charge in [-0.2, -0.15) is 0 Å². The van der Waals surface area contributed by atoms with Crippen molar-refractivity contribution in [2.75, 3.05) is 0 Å². The Labute approximate surface area is 158 Å². The Morgan fingerprint density at radius 3 is 2.73 bits per heavy atom. The average Bonchev–Trinajstić information content (AvgIpc) is 3.00. The van der Waals surface area contributed by atoms with Crippen LogP contribution in [0.3, 0.4) is 0 Å². The fourth-order valence-corrected chi connectivity index (χ4v) is 3.58. The van der Waals surface area contributed by atoms with Crippen LogP contribution >= 0.6 is 23.2 Å². The highest BCUT2D eigenvalue weighted by Crippen LogP contribution is 2.33. The molecule has 0 saturated carbocycles. The number of aromatic nitrogens is 2. The van der Waals surface area contributed by atoms with Gasteiger partial charge in [0.25, 0.3) is 5.56 Å². The van der Waals surface area contributed by atoms with E-state index in [9.17, 15) is 9.59 Å². The third-order valence-electron chi connectivity index (χ3n) is 4.40. The molecule has 1 aliphatic carbocycles. The Bertz CT molecular complexity index is 1170. The summed E-state index contributed by atoms with van der Waals surface area (Å²) in [5, 5.41) is 10.2. The van der Waals surface area contributed by atoms with Gasteiger partial charge in [-0.15, -0.1) is 0 Å². The summed E-state index contributed by atoms with van der Waals surface area (Å²) in [6, 6.07) is 8.22. The summed E-state index contributed by atoms with van der Waals surface area (Å²) in [6.45, 7) is 0. The predicted molar refractivity (Wildman–Crippen MR) is 101 cm³/mol. The summed E-state index contributed by atoms with van der Waals surface area (Å²) in [7, 11) is 0. The van der Waals surface area contributed by atoms with Gasteiger partial charge in [-0.05, 0) is 54.3 Å². The van der Waals surface area contributed by atoms with Gasteiger partial charge in [0.1, 0.15) is 5.65 Å². The summed E-state index contributed by atoms with van der Waals surface area (Å²) in [4.78, 5) is 28.5. The lowest BCUT2D eigenvalue weighted by molar-refractivity contribution is 0.0696. The van der Waals surface area contributed by atoms with Crippen LogP contribution in [0, 0.1) is 0 Å². The minimum atomic E-state index is -1.09. The van der Waals surface area contributed by atoms with Crippen molar-refractivity contribution in [1.29, 1.82) is 0 Å². The van der Waals surface area contributed by atoms with E-state index in [4.69, 9.17) is 28.3 Å². The predicted octanol–water partition coefficient (Wildman–Crippen LogP) is 4.19. The minimum absolute atomic E-state index is 0.0445. The van der Waals surface area contributed by atoms with E-state index in [-0.39, 0.29) is 11.1 Å². The van der Waals surface area contributed by atoms with Crippen LogP contribution < -0.4 is 5.56 Å².